The van der Waals surface area contributed by atoms with Gasteiger partial charge in [-0.05, 0) is 47.4 Å². The summed E-state index contributed by atoms with van der Waals surface area (Å²) in [5.74, 6) is -0.937. The monoisotopic (exact) mass is 324 g/mol. The molecule has 0 unspecified atom stereocenters. The van der Waals surface area contributed by atoms with Crippen molar-refractivity contribution in [3.63, 3.8) is 0 Å². The van der Waals surface area contributed by atoms with Crippen molar-refractivity contribution in [3.05, 3.63) is 70.8 Å². The molecule has 2 atom stereocenters. The van der Waals surface area contributed by atoms with Crippen LogP contribution in [0.5, 0.6) is 0 Å². The zero-order valence-corrected chi connectivity index (χ0v) is 12.6. The van der Waals surface area contributed by atoms with Gasteiger partial charge in [-0.2, -0.15) is 8.42 Å². The predicted molar refractivity (Wildman–Crippen MR) is 77.9 cm³/mol. The third-order valence-electron chi connectivity index (χ3n) is 3.78. The second-order valence-electron chi connectivity index (χ2n) is 5.40. The Balaban J connectivity index is 2.03. The van der Waals surface area contributed by atoms with Crippen LogP contribution in [0.15, 0.2) is 42.5 Å². The number of hydrogen-bond acceptors (Lipinski definition) is 3. The topological polar surface area (TPSA) is 43.4 Å². The highest BCUT2D eigenvalue weighted by Gasteiger charge is 2.35. The fraction of sp³-hybridized carbons (Fsp3) is 0.250. The number of rotatable bonds is 3. The van der Waals surface area contributed by atoms with E-state index in [4.69, 9.17) is 4.18 Å². The molecular weight excluding hydrogens is 310 g/mol. The van der Waals surface area contributed by atoms with Gasteiger partial charge in [0.2, 0.25) is 0 Å². The quantitative estimate of drug-likeness (QED) is 0.812. The number of halogens is 2. The van der Waals surface area contributed by atoms with E-state index in [0.717, 1.165) is 17.4 Å². The maximum absolute atomic E-state index is 13.5. The lowest BCUT2D eigenvalue weighted by atomic mass is 9.93. The van der Waals surface area contributed by atoms with Crippen LogP contribution in [0.2, 0.25) is 0 Å². The van der Waals surface area contributed by atoms with Crippen molar-refractivity contribution in [1.29, 1.82) is 0 Å². The number of hydrogen-bond donors (Lipinski definition) is 0. The molecule has 0 saturated heterocycles. The van der Waals surface area contributed by atoms with Crippen molar-refractivity contribution in [2.45, 2.75) is 18.4 Å². The van der Waals surface area contributed by atoms with Crippen LogP contribution >= 0.6 is 0 Å². The van der Waals surface area contributed by atoms with Crippen LogP contribution in [-0.2, 0) is 14.3 Å². The van der Waals surface area contributed by atoms with E-state index in [-0.39, 0.29) is 11.7 Å². The van der Waals surface area contributed by atoms with Crippen molar-refractivity contribution in [2.75, 3.05) is 6.26 Å². The summed E-state index contributed by atoms with van der Waals surface area (Å²) in [6.07, 6.45) is 0.616. The highest BCUT2D eigenvalue weighted by Crippen LogP contribution is 2.46. The Hall–Kier alpha value is -1.79. The van der Waals surface area contributed by atoms with Crippen LogP contribution in [0.1, 0.15) is 35.1 Å². The number of fused-ring (bicyclic) bond motifs is 1. The molecule has 6 heteroatoms. The summed E-state index contributed by atoms with van der Waals surface area (Å²) in [7, 11) is -3.66. The number of benzene rings is 2. The van der Waals surface area contributed by atoms with Crippen LogP contribution in [-0.4, -0.2) is 14.7 Å². The first-order valence-electron chi connectivity index (χ1n) is 6.76. The summed E-state index contributed by atoms with van der Waals surface area (Å²) in [6, 6.07) is 10.3. The van der Waals surface area contributed by atoms with E-state index >= 15 is 0 Å². The molecule has 2 aromatic rings. The zero-order valence-electron chi connectivity index (χ0n) is 11.8. The summed E-state index contributed by atoms with van der Waals surface area (Å²) >= 11 is 0. The molecule has 0 saturated carbocycles. The van der Waals surface area contributed by atoms with E-state index in [2.05, 4.69) is 0 Å². The summed E-state index contributed by atoms with van der Waals surface area (Å²) in [4.78, 5) is 0. The fourth-order valence-electron chi connectivity index (χ4n) is 2.92. The van der Waals surface area contributed by atoms with Gasteiger partial charge in [0.25, 0.3) is 10.1 Å². The van der Waals surface area contributed by atoms with Crippen molar-refractivity contribution in [2.24, 2.45) is 0 Å². The van der Waals surface area contributed by atoms with Gasteiger partial charge < -0.3 is 0 Å². The second kappa shape index (κ2) is 5.44. The Labute approximate surface area is 127 Å². The smallest absolute Gasteiger partial charge is 0.262 e. The van der Waals surface area contributed by atoms with Crippen LogP contribution in [0.3, 0.4) is 0 Å². The van der Waals surface area contributed by atoms with Gasteiger partial charge in [-0.1, -0.05) is 18.2 Å². The van der Waals surface area contributed by atoms with Crippen molar-refractivity contribution in [1.82, 2.24) is 0 Å². The average Bonchev–Trinajstić information content (AvgIpc) is 2.76. The van der Waals surface area contributed by atoms with Gasteiger partial charge in [-0.25, -0.2) is 8.78 Å². The first kappa shape index (κ1) is 15.1. The second-order valence-corrected chi connectivity index (χ2v) is 7.00. The molecule has 0 fully saturated rings. The molecule has 0 aliphatic heterocycles. The van der Waals surface area contributed by atoms with E-state index in [0.29, 0.717) is 12.0 Å². The molecule has 0 radical (unpaired) electrons. The predicted octanol–water partition coefficient (Wildman–Crippen LogP) is 3.52. The van der Waals surface area contributed by atoms with Gasteiger partial charge in [0.1, 0.15) is 17.7 Å². The van der Waals surface area contributed by atoms with Gasteiger partial charge in [0.15, 0.2) is 0 Å². The maximum Gasteiger partial charge on any atom is 0.264 e. The van der Waals surface area contributed by atoms with Crippen LogP contribution in [0, 0.1) is 11.6 Å². The minimum atomic E-state index is -3.66. The van der Waals surface area contributed by atoms with Crippen molar-refractivity contribution < 1.29 is 21.4 Å². The normalized spacial score (nSPS) is 20.9. The Morgan fingerprint density at radius 2 is 1.64 bits per heavy atom. The molecule has 0 aromatic heterocycles. The lowest BCUT2D eigenvalue weighted by Gasteiger charge is -2.12. The summed E-state index contributed by atoms with van der Waals surface area (Å²) < 4.78 is 54.5. The highest BCUT2D eigenvalue weighted by molar-refractivity contribution is 7.86. The molecular formula is C16H14F2O3S. The fourth-order valence-corrected chi connectivity index (χ4v) is 3.53. The molecule has 3 nitrogen and oxygen atoms in total. The zero-order chi connectivity index (χ0) is 15.9. The van der Waals surface area contributed by atoms with E-state index in [1.54, 1.807) is 18.2 Å². The Morgan fingerprint density at radius 3 is 2.27 bits per heavy atom. The van der Waals surface area contributed by atoms with Gasteiger partial charge in [0.05, 0.1) is 6.26 Å². The molecule has 22 heavy (non-hydrogen) atoms. The van der Waals surface area contributed by atoms with Crippen molar-refractivity contribution >= 4 is 10.1 Å². The molecule has 1 aliphatic rings. The molecule has 0 spiro atoms. The van der Waals surface area contributed by atoms with Gasteiger partial charge in [-0.15, -0.1) is 0 Å². The van der Waals surface area contributed by atoms with Crippen LogP contribution < -0.4 is 0 Å². The maximum atomic E-state index is 13.5. The molecule has 0 bridgehead atoms. The Bertz CT molecular complexity index is 801. The van der Waals surface area contributed by atoms with Crippen LogP contribution in [0.4, 0.5) is 8.78 Å². The molecule has 1 aliphatic carbocycles. The average molecular weight is 324 g/mol. The molecule has 0 heterocycles. The minimum Gasteiger partial charge on any atom is -0.262 e. The molecule has 3 rings (SSSR count). The first-order valence-corrected chi connectivity index (χ1v) is 8.58. The largest absolute Gasteiger partial charge is 0.264 e. The standard InChI is InChI=1S/C16H14F2O3S/c1-22(19,20)21-16-9-14(10-2-4-11(17)5-3-10)13-7-6-12(18)8-15(13)16/h2-8,14,16H,9H2,1H3/t14-,16+/m0/s1. The van der Waals surface area contributed by atoms with Crippen molar-refractivity contribution in [3.8, 4) is 0 Å². The van der Waals surface area contributed by atoms with Crippen LogP contribution in [0.25, 0.3) is 0 Å². The lowest BCUT2D eigenvalue weighted by Crippen LogP contribution is -2.08. The summed E-state index contributed by atoms with van der Waals surface area (Å²) in [5.41, 5.74) is 2.18. The SMILES string of the molecule is CS(=O)(=O)O[C@@H]1C[C@@H](c2ccc(F)cc2)c2ccc(F)cc21. The highest BCUT2D eigenvalue weighted by atomic mass is 32.2. The third-order valence-corrected chi connectivity index (χ3v) is 4.37. The summed E-state index contributed by atoms with van der Waals surface area (Å²) in [6.45, 7) is 0. The Morgan fingerprint density at radius 1 is 1.00 bits per heavy atom. The van der Waals surface area contributed by atoms with E-state index in [1.165, 1.54) is 24.3 Å². The Kier molecular flexibility index (Phi) is 3.74. The third kappa shape index (κ3) is 3.03. The van der Waals surface area contributed by atoms with Gasteiger partial charge in [0, 0.05) is 5.92 Å². The molecule has 116 valence electrons. The van der Waals surface area contributed by atoms with E-state index in [1.807, 2.05) is 0 Å². The van der Waals surface area contributed by atoms with E-state index in [9.17, 15) is 17.2 Å². The van der Waals surface area contributed by atoms with Gasteiger partial charge >= 0.3 is 0 Å². The van der Waals surface area contributed by atoms with E-state index < -0.39 is 22.0 Å². The molecule has 0 amide bonds. The minimum absolute atomic E-state index is 0.150. The lowest BCUT2D eigenvalue weighted by molar-refractivity contribution is 0.213. The summed E-state index contributed by atoms with van der Waals surface area (Å²) in [5, 5.41) is 0. The molecule has 0 N–H and O–H groups in total. The first-order chi connectivity index (χ1) is 10.3. The van der Waals surface area contributed by atoms with Gasteiger partial charge in [-0.3, -0.25) is 4.18 Å². The molecule has 2 aromatic carbocycles.